The first-order chi connectivity index (χ1) is 5.83. The highest BCUT2D eigenvalue weighted by molar-refractivity contribution is 9.15. The normalized spacial score (nSPS) is 20.1. The molecule has 0 saturated carbocycles. The molecule has 2 nitrogen and oxygen atoms in total. The molecule has 3 heteroatoms. The molecule has 1 aromatic carbocycles. The van der Waals surface area contributed by atoms with E-state index in [2.05, 4.69) is 20.9 Å². The van der Waals surface area contributed by atoms with E-state index in [1.54, 1.807) is 0 Å². The maximum Gasteiger partial charge on any atom is 0.149 e. The van der Waals surface area contributed by atoms with Gasteiger partial charge in [0.15, 0.2) is 0 Å². The second-order valence-electron chi connectivity index (χ2n) is 2.58. The molecule has 2 rings (SSSR count). The lowest BCUT2D eigenvalue weighted by molar-refractivity contribution is -0.107. The topological polar surface area (TPSA) is 29.4 Å². The molecule has 0 unspecified atom stereocenters. The van der Waals surface area contributed by atoms with Crippen molar-refractivity contribution in [3.05, 3.63) is 34.8 Å². The smallest absolute Gasteiger partial charge is 0.149 e. The van der Waals surface area contributed by atoms with Crippen LogP contribution in [-0.2, 0) is 4.79 Å². The quantitative estimate of drug-likeness (QED) is 0.634. The average Bonchev–Trinajstić information content (AvgIpc) is 2.44. The summed E-state index contributed by atoms with van der Waals surface area (Å²) in [5.41, 5.74) is 0. The van der Waals surface area contributed by atoms with Gasteiger partial charge in [-0.25, -0.2) is 0 Å². The Labute approximate surface area is 77.8 Å². The van der Waals surface area contributed by atoms with E-state index in [4.69, 9.17) is 0 Å². The molecule has 0 radical (unpaired) electrons. The molecule has 0 saturated heterocycles. The van der Waals surface area contributed by atoms with Gasteiger partial charge >= 0.3 is 0 Å². The van der Waals surface area contributed by atoms with E-state index >= 15 is 0 Å². The van der Waals surface area contributed by atoms with E-state index in [1.165, 1.54) is 0 Å². The van der Waals surface area contributed by atoms with Gasteiger partial charge in [-0.05, 0) is 6.07 Å². The summed E-state index contributed by atoms with van der Waals surface area (Å²) >= 11 is 3.36. The van der Waals surface area contributed by atoms with E-state index < -0.39 is 0 Å². The Morgan fingerprint density at radius 2 is 2.17 bits per heavy atom. The van der Waals surface area contributed by atoms with Crippen LogP contribution in [0.3, 0.4) is 0 Å². The first-order valence-corrected chi connectivity index (χ1v) is 4.40. The Morgan fingerprint density at radius 3 is 2.83 bits per heavy atom. The van der Waals surface area contributed by atoms with Gasteiger partial charge in [-0.2, -0.15) is 0 Å². The molecule has 1 aliphatic rings. The second-order valence-corrected chi connectivity index (χ2v) is 3.43. The van der Waals surface area contributed by atoms with E-state index in [9.17, 15) is 4.79 Å². The number of halogens is 1. The Balaban J connectivity index is 2.80. The van der Waals surface area contributed by atoms with Crippen molar-refractivity contribution in [3.8, 4) is 0 Å². The van der Waals surface area contributed by atoms with Gasteiger partial charge in [0.05, 0.1) is 5.36 Å². The van der Waals surface area contributed by atoms with Gasteiger partial charge in [0.1, 0.15) is 12.3 Å². The fraction of sp³-hybridized carbons (Fsp3) is 0.111. The minimum atomic E-state index is -0.331. The van der Waals surface area contributed by atoms with Crippen LogP contribution in [0.1, 0.15) is 0 Å². The number of aldehydes is 1. The highest BCUT2D eigenvalue weighted by atomic mass is 79.9. The molecule has 0 fully saturated rings. The molecule has 1 aliphatic heterocycles. The van der Waals surface area contributed by atoms with Crippen LogP contribution >= 0.6 is 15.9 Å². The maximum absolute atomic E-state index is 10.5. The van der Waals surface area contributed by atoms with Crippen molar-refractivity contribution in [2.45, 2.75) is 6.04 Å². The molecule has 60 valence electrons. The lowest BCUT2D eigenvalue weighted by Gasteiger charge is -1.93. The summed E-state index contributed by atoms with van der Waals surface area (Å²) in [4.78, 5) is 14.7. The molecule has 0 spiro atoms. The number of carbonyl (C=O) groups excluding carboxylic acids is 1. The first-order valence-electron chi connectivity index (χ1n) is 3.61. The molecule has 1 aromatic rings. The van der Waals surface area contributed by atoms with Gasteiger partial charge in [-0.1, -0.05) is 34.1 Å². The van der Waals surface area contributed by atoms with Gasteiger partial charge in [0.25, 0.3) is 0 Å². The summed E-state index contributed by atoms with van der Waals surface area (Å²) in [7, 11) is 0. The standard InChI is InChI=1S/C9H6BrNO/c10-9-6-3-1-2-4-7(6)11-8(9)5-12/h1-5,8H/t8-/m0/s1. The number of fused-ring (bicyclic) bond motifs is 1. The molecule has 0 aromatic heterocycles. The van der Waals surface area contributed by atoms with Crippen LogP contribution in [0.25, 0.3) is 4.48 Å². The lowest BCUT2D eigenvalue weighted by atomic mass is 10.2. The fourth-order valence-electron chi connectivity index (χ4n) is 1.24. The first kappa shape index (κ1) is 7.68. The summed E-state index contributed by atoms with van der Waals surface area (Å²) in [6.07, 6.45) is 0.837. The van der Waals surface area contributed by atoms with Crippen LogP contribution in [0.15, 0.2) is 29.3 Å². The SMILES string of the molecule is O=C[C@@H]1N=c2ccccc2=C1Br. The van der Waals surface area contributed by atoms with Gasteiger partial charge in [0.2, 0.25) is 0 Å². The van der Waals surface area contributed by atoms with Crippen molar-refractivity contribution in [1.29, 1.82) is 0 Å². The monoisotopic (exact) mass is 223 g/mol. The molecule has 1 heterocycles. The second kappa shape index (κ2) is 2.83. The van der Waals surface area contributed by atoms with Crippen molar-refractivity contribution in [1.82, 2.24) is 0 Å². The van der Waals surface area contributed by atoms with Gasteiger partial charge in [-0.15, -0.1) is 0 Å². The minimum Gasteiger partial charge on any atom is -0.301 e. The Kier molecular flexibility index (Phi) is 1.81. The van der Waals surface area contributed by atoms with Gasteiger partial charge < -0.3 is 4.79 Å². The van der Waals surface area contributed by atoms with Crippen molar-refractivity contribution >= 4 is 26.7 Å². The Morgan fingerprint density at radius 1 is 1.42 bits per heavy atom. The zero-order valence-electron chi connectivity index (χ0n) is 6.20. The third-order valence-electron chi connectivity index (χ3n) is 1.83. The fourth-order valence-corrected chi connectivity index (χ4v) is 1.79. The van der Waals surface area contributed by atoms with Crippen molar-refractivity contribution in [2.24, 2.45) is 4.99 Å². The Hall–Kier alpha value is -0.960. The van der Waals surface area contributed by atoms with Crippen LogP contribution < -0.4 is 10.6 Å². The number of hydrogen-bond acceptors (Lipinski definition) is 2. The molecular formula is C9H6BrNO. The number of hydrogen-bond donors (Lipinski definition) is 0. The van der Waals surface area contributed by atoms with Crippen LogP contribution in [0, 0.1) is 0 Å². The average molecular weight is 224 g/mol. The molecule has 12 heavy (non-hydrogen) atoms. The lowest BCUT2D eigenvalue weighted by Crippen LogP contribution is -2.20. The van der Waals surface area contributed by atoms with E-state index in [1.807, 2.05) is 24.3 Å². The molecule has 0 amide bonds. The highest BCUT2D eigenvalue weighted by Gasteiger charge is 2.14. The number of carbonyl (C=O) groups is 1. The summed E-state index contributed by atoms with van der Waals surface area (Å²) < 4.78 is 0.869. The Bertz CT molecular complexity index is 438. The number of rotatable bonds is 1. The predicted octanol–water partition coefficient (Wildman–Crippen LogP) is 0.390. The van der Waals surface area contributed by atoms with Crippen LogP contribution in [-0.4, -0.2) is 12.3 Å². The zero-order chi connectivity index (χ0) is 8.55. The third-order valence-corrected chi connectivity index (χ3v) is 2.72. The molecule has 0 aliphatic carbocycles. The molecule has 1 atom stereocenters. The zero-order valence-corrected chi connectivity index (χ0v) is 7.78. The van der Waals surface area contributed by atoms with E-state index in [-0.39, 0.29) is 6.04 Å². The van der Waals surface area contributed by atoms with Crippen molar-refractivity contribution < 1.29 is 4.79 Å². The summed E-state index contributed by atoms with van der Waals surface area (Å²) in [6.45, 7) is 0. The third kappa shape index (κ3) is 1.01. The molecule has 0 bridgehead atoms. The van der Waals surface area contributed by atoms with Gasteiger partial charge in [0, 0.05) is 9.70 Å². The largest absolute Gasteiger partial charge is 0.301 e. The summed E-state index contributed by atoms with van der Waals surface area (Å²) in [6, 6.07) is 7.37. The minimum absolute atomic E-state index is 0.331. The van der Waals surface area contributed by atoms with Crippen molar-refractivity contribution in [3.63, 3.8) is 0 Å². The van der Waals surface area contributed by atoms with Crippen LogP contribution in [0.4, 0.5) is 0 Å². The highest BCUT2D eigenvalue weighted by Crippen LogP contribution is 2.13. The van der Waals surface area contributed by atoms with Crippen LogP contribution in [0.2, 0.25) is 0 Å². The van der Waals surface area contributed by atoms with Crippen molar-refractivity contribution in [2.75, 3.05) is 0 Å². The van der Waals surface area contributed by atoms with E-state index in [0.717, 1.165) is 21.3 Å². The molecule has 0 N–H and O–H groups in total. The maximum atomic E-state index is 10.5. The summed E-state index contributed by atoms with van der Waals surface area (Å²) in [5.74, 6) is 0. The number of nitrogens with zero attached hydrogens (tertiary/aromatic N) is 1. The number of benzene rings is 1. The summed E-state index contributed by atoms with van der Waals surface area (Å²) in [5, 5.41) is 1.91. The number of para-hydroxylation sites is 1. The van der Waals surface area contributed by atoms with E-state index in [0.29, 0.717) is 0 Å². The predicted molar refractivity (Wildman–Crippen MR) is 49.4 cm³/mol. The van der Waals surface area contributed by atoms with Crippen LogP contribution in [0.5, 0.6) is 0 Å². The van der Waals surface area contributed by atoms with Gasteiger partial charge in [-0.3, -0.25) is 4.99 Å². The molecular weight excluding hydrogens is 218 g/mol.